The molecular weight excluding hydrogens is 280 g/mol. The fourth-order valence-electron chi connectivity index (χ4n) is 1.32. The maximum absolute atomic E-state index is 12.1. The Kier molecular flexibility index (Phi) is 6.56. The van der Waals surface area contributed by atoms with E-state index in [9.17, 15) is 26.3 Å². The maximum Gasteiger partial charge on any atom is 0.423 e. The first-order valence-corrected chi connectivity index (χ1v) is 5.51. The SMILES string of the molecule is CNC(C)(CO)CCCOC(C(F)(F)F)C(F)(F)F. The van der Waals surface area contributed by atoms with E-state index in [1.807, 2.05) is 0 Å². The lowest BCUT2D eigenvalue weighted by molar-refractivity contribution is -0.321. The third-order valence-corrected chi connectivity index (χ3v) is 2.70. The minimum Gasteiger partial charge on any atom is -0.394 e. The molecule has 0 aliphatic heterocycles. The molecule has 0 aliphatic carbocycles. The number of ether oxygens (including phenoxy) is 1. The fourth-order valence-corrected chi connectivity index (χ4v) is 1.32. The van der Waals surface area contributed by atoms with Crippen LogP contribution in [0.25, 0.3) is 0 Å². The first kappa shape index (κ1) is 18.5. The van der Waals surface area contributed by atoms with Crippen molar-refractivity contribution in [3.8, 4) is 0 Å². The zero-order chi connectivity index (χ0) is 15.3. The van der Waals surface area contributed by atoms with Crippen molar-refractivity contribution in [1.29, 1.82) is 0 Å². The molecule has 0 rings (SSSR count). The molecule has 0 saturated carbocycles. The fraction of sp³-hybridized carbons (Fsp3) is 1.00. The molecule has 116 valence electrons. The summed E-state index contributed by atoms with van der Waals surface area (Å²) >= 11 is 0. The predicted molar refractivity (Wildman–Crippen MR) is 55.6 cm³/mol. The van der Waals surface area contributed by atoms with Gasteiger partial charge in [-0.3, -0.25) is 0 Å². The van der Waals surface area contributed by atoms with Crippen molar-refractivity contribution in [2.45, 2.75) is 43.8 Å². The van der Waals surface area contributed by atoms with Crippen LogP contribution in [0.3, 0.4) is 0 Å². The quantitative estimate of drug-likeness (QED) is 0.559. The number of rotatable bonds is 7. The number of hydrogen-bond acceptors (Lipinski definition) is 3. The van der Waals surface area contributed by atoms with E-state index in [-0.39, 0.29) is 19.4 Å². The van der Waals surface area contributed by atoms with Crippen molar-refractivity contribution in [3.05, 3.63) is 0 Å². The first-order valence-electron chi connectivity index (χ1n) is 5.51. The van der Waals surface area contributed by atoms with Crippen LogP contribution in [-0.4, -0.2) is 49.4 Å². The maximum atomic E-state index is 12.1. The van der Waals surface area contributed by atoms with E-state index in [0.717, 1.165) is 0 Å². The molecule has 0 aromatic carbocycles. The molecular formula is C10H17F6NO2. The lowest BCUT2D eigenvalue weighted by atomic mass is 9.97. The summed E-state index contributed by atoms with van der Waals surface area (Å²) in [7, 11) is 1.53. The van der Waals surface area contributed by atoms with Crippen LogP contribution in [0, 0.1) is 0 Å². The lowest BCUT2D eigenvalue weighted by Gasteiger charge is -2.27. The standard InChI is InChI=1S/C10H17F6NO2/c1-8(6-18,17-2)4-3-5-19-7(9(11,12)13)10(14,15)16/h7,17-18H,3-6H2,1-2H3. The van der Waals surface area contributed by atoms with Gasteiger partial charge in [-0.15, -0.1) is 0 Å². The number of alkyl halides is 6. The molecule has 0 amide bonds. The molecule has 1 atom stereocenters. The Morgan fingerprint density at radius 2 is 1.58 bits per heavy atom. The Balaban J connectivity index is 4.31. The number of hydrogen-bond donors (Lipinski definition) is 2. The van der Waals surface area contributed by atoms with E-state index in [1.165, 1.54) is 7.05 Å². The van der Waals surface area contributed by atoms with Crippen LogP contribution < -0.4 is 5.32 Å². The number of aliphatic hydroxyl groups excluding tert-OH is 1. The second-order valence-electron chi connectivity index (χ2n) is 4.41. The predicted octanol–water partition coefficient (Wildman–Crippen LogP) is 2.25. The topological polar surface area (TPSA) is 41.5 Å². The van der Waals surface area contributed by atoms with Crippen LogP contribution in [0.1, 0.15) is 19.8 Å². The number of halogens is 6. The molecule has 19 heavy (non-hydrogen) atoms. The molecule has 1 unspecified atom stereocenters. The number of aliphatic hydroxyl groups is 1. The third-order valence-electron chi connectivity index (χ3n) is 2.70. The summed E-state index contributed by atoms with van der Waals surface area (Å²) < 4.78 is 76.6. The monoisotopic (exact) mass is 297 g/mol. The van der Waals surface area contributed by atoms with E-state index in [1.54, 1.807) is 6.92 Å². The minimum absolute atomic E-state index is 0.0411. The second-order valence-corrected chi connectivity index (χ2v) is 4.41. The van der Waals surface area contributed by atoms with Crippen molar-refractivity contribution < 1.29 is 36.2 Å². The molecule has 0 aromatic heterocycles. The highest BCUT2D eigenvalue weighted by atomic mass is 19.4. The van der Waals surface area contributed by atoms with Crippen LogP contribution >= 0.6 is 0 Å². The Bertz CT molecular complexity index is 248. The van der Waals surface area contributed by atoms with Gasteiger partial charge in [0.15, 0.2) is 0 Å². The second kappa shape index (κ2) is 6.76. The zero-order valence-corrected chi connectivity index (χ0v) is 10.5. The van der Waals surface area contributed by atoms with E-state index >= 15 is 0 Å². The van der Waals surface area contributed by atoms with Crippen molar-refractivity contribution in [2.75, 3.05) is 20.3 Å². The van der Waals surface area contributed by atoms with Crippen molar-refractivity contribution >= 4 is 0 Å². The smallest absolute Gasteiger partial charge is 0.394 e. The van der Waals surface area contributed by atoms with Gasteiger partial charge in [0.2, 0.25) is 6.10 Å². The number of nitrogens with one attached hydrogen (secondary N) is 1. The molecule has 3 nitrogen and oxygen atoms in total. The molecule has 0 radical (unpaired) electrons. The molecule has 0 saturated heterocycles. The van der Waals surface area contributed by atoms with Crippen LogP contribution in [-0.2, 0) is 4.74 Å². The largest absolute Gasteiger partial charge is 0.423 e. The summed E-state index contributed by atoms with van der Waals surface area (Å²) in [5.41, 5.74) is -0.755. The van der Waals surface area contributed by atoms with Crippen molar-refractivity contribution in [2.24, 2.45) is 0 Å². The molecule has 0 aliphatic rings. The summed E-state index contributed by atoms with van der Waals surface area (Å²) in [6, 6.07) is 0. The lowest BCUT2D eigenvalue weighted by Crippen LogP contribution is -2.45. The van der Waals surface area contributed by atoms with Gasteiger partial charge in [-0.2, -0.15) is 26.3 Å². The van der Waals surface area contributed by atoms with Gasteiger partial charge in [0.05, 0.1) is 6.61 Å². The minimum atomic E-state index is -5.48. The molecule has 2 N–H and O–H groups in total. The Morgan fingerprint density at radius 3 is 1.89 bits per heavy atom. The van der Waals surface area contributed by atoms with E-state index in [0.29, 0.717) is 0 Å². The van der Waals surface area contributed by atoms with Crippen LogP contribution in [0.2, 0.25) is 0 Å². The van der Waals surface area contributed by atoms with E-state index < -0.39 is 30.6 Å². The third kappa shape index (κ3) is 6.44. The van der Waals surface area contributed by atoms with E-state index in [2.05, 4.69) is 10.1 Å². The van der Waals surface area contributed by atoms with Crippen LogP contribution in [0.5, 0.6) is 0 Å². The average Bonchev–Trinajstić information content (AvgIpc) is 2.24. The van der Waals surface area contributed by atoms with Gasteiger partial charge in [-0.1, -0.05) is 0 Å². The number of likely N-dealkylation sites (N-methyl/N-ethyl adjacent to an activating group) is 1. The Labute approximate surface area is 106 Å². The molecule has 0 heterocycles. The average molecular weight is 297 g/mol. The van der Waals surface area contributed by atoms with Gasteiger partial charge in [0.25, 0.3) is 0 Å². The zero-order valence-electron chi connectivity index (χ0n) is 10.5. The summed E-state index contributed by atoms with van der Waals surface area (Å²) in [5.74, 6) is 0. The normalized spacial score (nSPS) is 16.7. The van der Waals surface area contributed by atoms with Gasteiger partial charge < -0.3 is 15.2 Å². The summed E-state index contributed by atoms with van der Waals surface area (Å²) in [6.07, 6.45) is -14.6. The molecule has 9 heteroatoms. The summed E-state index contributed by atoms with van der Waals surface area (Å²) in [5, 5.41) is 11.7. The highest BCUT2D eigenvalue weighted by Gasteiger charge is 2.57. The summed E-state index contributed by atoms with van der Waals surface area (Å²) in [6.45, 7) is 0.616. The molecule has 0 aromatic rings. The summed E-state index contributed by atoms with van der Waals surface area (Å²) in [4.78, 5) is 0. The van der Waals surface area contributed by atoms with Gasteiger partial charge in [-0.05, 0) is 26.8 Å². The highest BCUT2D eigenvalue weighted by Crippen LogP contribution is 2.35. The van der Waals surface area contributed by atoms with Gasteiger partial charge in [0.1, 0.15) is 0 Å². The Hall–Kier alpha value is -0.540. The molecule has 0 bridgehead atoms. The van der Waals surface area contributed by atoms with Gasteiger partial charge >= 0.3 is 12.4 Å². The Morgan fingerprint density at radius 1 is 1.11 bits per heavy atom. The van der Waals surface area contributed by atoms with Gasteiger partial charge in [0, 0.05) is 12.1 Å². The molecule has 0 spiro atoms. The van der Waals surface area contributed by atoms with Crippen LogP contribution in [0.15, 0.2) is 0 Å². The molecule has 0 fully saturated rings. The van der Waals surface area contributed by atoms with E-state index in [4.69, 9.17) is 5.11 Å². The van der Waals surface area contributed by atoms with Gasteiger partial charge in [-0.25, -0.2) is 0 Å². The van der Waals surface area contributed by atoms with Crippen molar-refractivity contribution in [1.82, 2.24) is 5.32 Å². The first-order chi connectivity index (χ1) is 8.46. The van der Waals surface area contributed by atoms with Crippen molar-refractivity contribution in [3.63, 3.8) is 0 Å². The highest BCUT2D eigenvalue weighted by molar-refractivity contribution is 4.81. The van der Waals surface area contributed by atoms with Crippen LogP contribution in [0.4, 0.5) is 26.3 Å².